The number of carbonyl (C=O) groups excluding carboxylic acids is 1. The highest BCUT2D eigenvalue weighted by atomic mass is 35.5. The van der Waals surface area contributed by atoms with Gasteiger partial charge in [-0.15, -0.1) is 0 Å². The molecule has 0 fully saturated rings. The molecule has 0 aliphatic rings. The predicted octanol–water partition coefficient (Wildman–Crippen LogP) is 3.71. The normalized spacial score (nSPS) is 10.7. The van der Waals surface area contributed by atoms with Crippen molar-refractivity contribution in [3.63, 3.8) is 0 Å². The Hall–Kier alpha value is -2.13. The van der Waals surface area contributed by atoms with Crippen LogP contribution < -0.4 is 0 Å². The van der Waals surface area contributed by atoms with Crippen molar-refractivity contribution in [2.75, 3.05) is 0 Å². The summed E-state index contributed by atoms with van der Waals surface area (Å²) in [6, 6.07) is 12.2. The molecule has 4 heteroatoms. The summed E-state index contributed by atoms with van der Waals surface area (Å²) in [5, 5.41) is 1.30. The van der Waals surface area contributed by atoms with Gasteiger partial charge in [0.05, 0.1) is 5.02 Å². The van der Waals surface area contributed by atoms with Crippen LogP contribution in [0.2, 0.25) is 5.02 Å². The van der Waals surface area contributed by atoms with E-state index in [9.17, 15) is 4.79 Å². The van der Waals surface area contributed by atoms with Gasteiger partial charge in [0.25, 0.3) is 0 Å². The quantitative estimate of drug-likeness (QED) is 0.657. The maximum Gasteiger partial charge on any atom is 0.246 e. The number of halogens is 1. The fraction of sp³-hybridized carbons (Fsp3) is 0. The second-order valence-corrected chi connectivity index (χ2v) is 4.22. The molecule has 0 atom stereocenters. The second-order valence-electron chi connectivity index (χ2n) is 3.81. The first kappa shape index (κ1) is 11.0. The van der Waals surface area contributed by atoms with Gasteiger partial charge in [0.2, 0.25) is 5.78 Å². The van der Waals surface area contributed by atoms with Crippen molar-refractivity contribution in [2.45, 2.75) is 0 Å². The van der Waals surface area contributed by atoms with E-state index >= 15 is 0 Å². The number of pyridine rings is 1. The summed E-state index contributed by atoms with van der Waals surface area (Å²) in [5.41, 5.74) is 0.881. The molecule has 2 aromatic heterocycles. The number of hydrogen-bond acceptors (Lipinski definition) is 3. The molecule has 0 bridgehead atoms. The lowest BCUT2D eigenvalue weighted by Crippen LogP contribution is -2.01. The molecule has 2 heterocycles. The molecule has 88 valence electrons. The van der Waals surface area contributed by atoms with Gasteiger partial charge in [0.15, 0.2) is 11.3 Å². The molecule has 0 radical (unpaired) electrons. The summed E-state index contributed by atoms with van der Waals surface area (Å²) in [7, 11) is 0. The molecule has 3 rings (SSSR count). The summed E-state index contributed by atoms with van der Waals surface area (Å²) < 4.78 is 5.49. The van der Waals surface area contributed by atoms with E-state index < -0.39 is 0 Å². The maximum atomic E-state index is 12.1. The van der Waals surface area contributed by atoms with E-state index in [2.05, 4.69) is 4.98 Å². The number of nitrogens with zero attached hydrogens (tertiary/aromatic N) is 1. The van der Waals surface area contributed by atoms with Crippen LogP contribution in [0.1, 0.15) is 16.2 Å². The van der Waals surface area contributed by atoms with Crippen LogP contribution in [0.15, 0.2) is 53.1 Å². The Morgan fingerprint density at radius 2 is 2.06 bits per heavy atom. The molecule has 0 saturated heterocycles. The molecular weight excluding hydrogens is 250 g/mol. The zero-order chi connectivity index (χ0) is 12.5. The zero-order valence-electron chi connectivity index (χ0n) is 9.26. The largest absolute Gasteiger partial charge is 0.451 e. The Balaban J connectivity index is 2.10. The van der Waals surface area contributed by atoms with E-state index in [4.69, 9.17) is 16.0 Å². The first-order chi connectivity index (χ1) is 8.75. The lowest BCUT2D eigenvalue weighted by atomic mass is 10.2. The highest BCUT2D eigenvalue weighted by molar-refractivity contribution is 6.35. The average molecular weight is 258 g/mol. The zero-order valence-corrected chi connectivity index (χ0v) is 10.0. The van der Waals surface area contributed by atoms with Crippen LogP contribution in [0.5, 0.6) is 0 Å². The molecule has 0 amide bonds. The predicted molar refractivity (Wildman–Crippen MR) is 68.9 cm³/mol. The minimum Gasteiger partial charge on any atom is -0.451 e. The summed E-state index contributed by atoms with van der Waals surface area (Å²) in [5.74, 6) is -0.000309. The van der Waals surface area contributed by atoms with E-state index in [1.54, 1.807) is 36.5 Å². The van der Waals surface area contributed by atoms with E-state index in [0.717, 1.165) is 5.39 Å². The Labute approximate surface area is 108 Å². The van der Waals surface area contributed by atoms with Gasteiger partial charge in [-0.25, -0.2) is 0 Å². The summed E-state index contributed by atoms with van der Waals surface area (Å²) in [4.78, 5) is 16.1. The lowest BCUT2D eigenvalue weighted by molar-refractivity contribution is 0.101. The maximum absolute atomic E-state index is 12.1. The second kappa shape index (κ2) is 4.27. The summed E-state index contributed by atoms with van der Waals surface area (Å²) >= 11 is 6.00. The van der Waals surface area contributed by atoms with Gasteiger partial charge in [0, 0.05) is 11.6 Å². The standard InChI is InChI=1S/C14H8ClNO2/c15-10-5-3-4-9-8-12(18-14(9)10)13(17)11-6-1-2-7-16-11/h1-8H. The number of hydrogen-bond donors (Lipinski definition) is 0. The summed E-state index contributed by atoms with van der Waals surface area (Å²) in [6.45, 7) is 0. The van der Waals surface area contributed by atoms with Crippen molar-refractivity contribution in [3.8, 4) is 0 Å². The number of furan rings is 1. The van der Waals surface area contributed by atoms with Gasteiger partial charge in [-0.3, -0.25) is 9.78 Å². The van der Waals surface area contributed by atoms with Gasteiger partial charge < -0.3 is 4.42 Å². The average Bonchev–Trinajstić information content (AvgIpc) is 2.84. The molecule has 0 aliphatic heterocycles. The topological polar surface area (TPSA) is 43.1 Å². The fourth-order valence-electron chi connectivity index (χ4n) is 1.76. The molecule has 0 saturated carbocycles. The van der Waals surface area contributed by atoms with Gasteiger partial charge in [-0.1, -0.05) is 29.8 Å². The van der Waals surface area contributed by atoms with Crippen molar-refractivity contribution >= 4 is 28.4 Å². The smallest absolute Gasteiger partial charge is 0.246 e. The molecule has 3 nitrogen and oxygen atoms in total. The van der Waals surface area contributed by atoms with E-state index in [1.807, 2.05) is 12.1 Å². The van der Waals surface area contributed by atoms with Crippen molar-refractivity contribution in [2.24, 2.45) is 0 Å². The Morgan fingerprint density at radius 3 is 2.78 bits per heavy atom. The van der Waals surface area contributed by atoms with Gasteiger partial charge in [-0.05, 0) is 24.3 Å². The number of ketones is 1. The van der Waals surface area contributed by atoms with Crippen LogP contribution in [0.25, 0.3) is 11.0 Å². The minimum absolute atomic E-state index is 0.247. The number of aromatic nitrogens is 1. The highest BCUT2D eigenvalue weighted by Gasteiger charge is 2.16. The van der Waals surface area contributed by atoms with Gasteiger partial charge in [0.1, 0.15) is 5.69 Å². The van der Waals surface area contributed by atoms with Crippen LogP contribution >= 0.6 is 11.6 Å². The Morgan fingerprint density at radius 1 is 1.17 bits per heavy atom. The van der Waals surface area contributed by atoms with Crippen LogP contribution in [0.4, 0.5) is 0 Å². The van der Waals surface area contributed by atoms with Crippen LogP contribution in [-0.2, 0) is 0 Å². The Bertz CT molecular complexity index is 719. The van der Waals surface area contributed by atoms with Gasteiger partial charge in [-0.2, -0.15) is 0 Å². The first-order valence-corrected chi connectivity index (χ1v) is 5.77. The monoisotopic (exact) mass is 257 g/mol. The van der Waals surface area contributed by atoms with E-state index in [-0.39, 0.29) is 11.5 Å². The lowest BCUT2D eigenvalue weighted by Gasteiger charge is -1.94. The third kappa shape index (κ3) is 1.79. The molecule has 18 heavy (non-hydrogen) atoms. The SMILES string of the molecule is O=C(c1ccccn1)c1cc2cccc(Cl)c2o1. The van der Waals surface area contributed by atoms with Crippen molar-refractivity contribution in [1.29, 1.82) is 0 Å². The highest BCUT2D eigenvalue weighted by Crippen LogP contribution is 2.27. The number of benzene rings is 1. The van der Waals surface area contributed by atoms with Crippen molar-refractivity contribution in [3.05, 3.63) is 65.1 Å². The van der Waals surface area contributed by atoms with Crippen molar-refractivity contribution < 1.29 is 9.21 Å². The third-order valence-corrected chi connectivity index (χ3v) is 2.92. The molecule has 1 aromatic carbocycles. The minimum atomic E-state index is -0.247. The number of para-hydroxylation sites is 1. The molecule has 3 aromatic rings. The van der Waals surface area contributed by atoms with Crippen molar-refractivity contribution in [1.82, 2.24) is 4.98 Å². The van der Waals surface area contributed by atoms with E-state index in [0.29, 0.717) is 16.3 Å². The van der Waals surface area contributed by atoms with E-state index in [1.165, 1.54) is 0 Å². The fourth-order valence-corrected chi connectivity index (χ4v) is 1.98. The van der Waals surface area contributed by atoms with Crippen LogP contribution in [0, 0.1) is 0 Å². The molecule has 0 aliphatic carbocycles. The van der Waals surface area contributed by atoms with Crippen LogP contribution in [-0.4, -0.2) is 10.8 Å². The molecule has 0 N–H and O–H groups in total. The van der Waals surface area contributed by atoms with Crippen LogP contribution in [0.3, 0.4) is 0 Å². The molecule has 0 spiro atoms. The summed E-state index contributed by atoms with van der Waals surface area (Å²) in [6.07, 6.45) is 1.57. The molecular formula is C14H8ClNO2. The number of carbonyl (C=O) groups is 1. The number of fused-ring (bicyclic) bond motifs is 1. The first-order valence-electron chi connectivity index (χ1n) is 5.39. The number of rotatable bonds is 2. The van der Waals surface area contributed by atoms with Gasteiger partial charge >= 0.3 is 0 Å². The Kier molecular flexibility index (Phi) is 2.61. The molecule has 0 unspecified atom stereocenters. The third-order valence-electron chi connectivity index (χ3n) is 2.62.